The van der Waals surface area contributed by atoms with Gasteiger partial charge in [0.2, 0.25) is 0 Å². The van der Waals surface area contributed by atoms with E-state index in [2.05, 4.69) is 26.8 Å². The van der Waals surface area contributed by atoms with Crippen molar-refractivity contribution in [1.29, 1.82) is 0 Å². The summed E-state index contributed by atoms with van der Waals surface area (Å²) < 4.78 is 0. The molecule has 0 aromatic carbocycles. The van der Waals surface area contributed by atoms with Crippen molar-refractivity contribution in [1.82, 2.24) is 0 Å². The molecule has 0 spiro atoms. The summed E-state index contributed by atoms with van der Waals surface area (Å²) in [6, 6.07) is 0. The Kier molecular flexibility index (Phi) is 10.1. The summed E-state index contributed by atoms with van der Waals surface area (Å²) in [5, 5.41) is 9.57. The third kappa shape index (κ3) is 8.70. The van der Waals surface area contributed by atoms with Gasteiger partial charge in [-0.25, -0.2) is 0 Å². The van der Waals surface area contributed by atoms with Crippen molar-refractivity contribution in [2.75, 3.05) is 0 Å². The van der Waals surface area contributed by atoms with Gasteiger partial charge in [0.05, 0.1) is 5.92 Å². The molecule has 0 bridgehead atoms. The molecule has 1 atom stereocenters. The third-order valence-electron chi connectivity index (χ3n) is 5.11. The van der Waals surface area contributed by atoms with Crippen LogP contribution in [0.2, 0.25) is 0 Å². The predicted octanol–water partition coefficient (Wildman–Crippen LogP) is 6.91. The molecule has 0 amide bonds. The molecule has 0 aliphatic heterocycles. The molecule has 1 N–H and O–H groups in total. The topological polar surface area (TPSA) is 37.3 Å². The minimum atomic E-state index is -0.650. The van der Waals surface area contributed by atoms with Gasteiger partial charge in [-0.05, 0) is 18.3 Å². The lowest BCUT2D eigenvalue weighted by molar-refractivity contribution is -0.140. The van der Waals surface area contributed by atoms with E-state index in [4.69, 9.17) is 0 Å². The van der Waals surface area contributed by atoms with Crippen LogP contribution in [0.4, 0.5) is 0 Å². The number of hydrogen-bond donors (Lipinski definition) is 1. The molecule has 0 aromatic heterocycles. The Morgan fingerprint density at radius 3 is 2.08 bits per heavy atom. The first kappa shape index (κ1) is 21.0. The van der Waals surface area contributed by atoms with E-state index >= 15 is 0 Å². The van der Waals surface area contributed by atoms with Gasteiger partial charge in [0, 0.05) is 0 Å². The minimum Gasteiger partial charge on any atom is -0.481 e. The van der Waals surface area contributed by atoms with Crippen LogP contribution in [0.1, 0.15) is 97.8 Å². The molecular formula is C22H38O2. The predicted molar refractivity (Wildman–Crippen MR) is 103 cm³/mol. The molecule has 0 saturated heterocycles. The summed E-state index contributed by atoms with van der Waals surface area (Å²) in [5.74, 6) is -0.938. The van der Waals surface area contributed by atoms with Gasteiger partial charge < -0.3 is 5.11 Å². The van der Waals surface area contributed by atoms with Crippen molar-refractivity contribution in [3.05, 3.63) is 23.8 Å². The number of hydrogen-bond acceptors (Lipinski definition) is 1. The van der Waals surface area contributed by atoms with Crippen LogP contribution in [0.3, 0.4) is 0 Å². The van der Waals surface area contributed by atoms with Gasteiger partial charge in [-0.3, -0.25) is 4.79 Å². The number of aliphatic carboxylic acids is 1. The summed E-state index contributed by atoms with van der Waals surface area (Å²) >= 11 is 0. The Morgan fingerprint density at radius 2 is 1.58 bits per heavy atom. The van der Waals surface area contributed by atoms with Crippen LogP contribution < -0.4 is 0 Å². The Morgan fingerprint density at radius 1 is 1.04 bits per heavy atom. The number of allylic oxidation sites excluding steroid dienone is 3. The summed E-state index contributed by atoms with van der Waals surface area (Å²) in [7, 11) is 0. The highest BCUT2D eigenvalue weighted by Crippen LogP contribution is 2.35. The van der Waals surface area contributed by atoms with Crippen molar-refractivity contribution < 1.29 is 9.90 Å². The van der Waals surface area contributed by atoms with Crippen molar-refractivity contribution in [2.24, 2.45) is 11.3 Å². The number of unbranched alkanes of at least 4 members (excludes halogenated alkanes) is 9. The molecule has 0 heterocycles. The monoisotopic (exact) mass is 334 g/mol. The van der Waals surface area contributed by atoms with E-state index in [1.807, 2.05) is 12.2 Å². The second-order valence-corrected chi connectivity index (χ2v) is 8.13. The molecule has 0 radical (unpaired) electrons. The van der Waals surface area contributed by atoms with Crippen LogP contribution in [0.25, 0.3) is 0 Å². The number of carbonyl (C=O) groups is 1. The maximum atomic E-state index is 11.6. The van der Waals surface area contributed by atoms with Crippen molar-refractivity contribution in [3.63, 3.8) is 0 Å². The Balaban J connectivity index is 2.18. The van der Waals surface area contributed by atoms with E-state index in [0.29, 0.717) is 0 Å². The summed E-state index contributed by atoms with van der Waals surface area (Å²) in [4.78, 5) is 11.6. The standard InChI is InChI=1S/C22H38O2/c1-4-5-6-7-8-9-10-11-12-13-16-20(21(23)24)19-15-14-17-22(2,3)18-19/h14-15,17,20H,4-13,16,18H2,1-3H3,(H,23,24). The third-order valence-corrected chi connectivity index (χ3v) is 5.11. The van der Waals surface area contributed by atoms with E-state index in [9.17, 15) is 9.90 Å². The number of carboxylic acids is 1. The van der Waals surface area contributed by atoms with Crippen LogP contribution >= 0.6 is 0 Å². The molecular weight excluding hydrogens is 296 g/mol. The van der Waals surface area contributed by atoms with Crippen molar-refractivity contribution >= 4 is 5.97 Å². The first-order valence-electron chi connectivity index (χ1n) is 10.1. The largest absolute Gasteiger partial charge is 0.481 e. The fourth-order valence-corrected chi connectivity index (χ4v) is 3.62. The van der Waals surface area contributed by atoms with Crippen LogP contribution in [-0.4, -0.2) is 11.1 Å². The second-order valence-electron chi connectivity index (χ2n) is 8.13. The fourth-order valence-electron chi connectivity index (χ4n) is 3.62. The van der Waals surface area contributed by atoms with Crippen molar-refractivity contribution in [2.45, 2.75) is 97.8 Å². The Bertz CT molecular complexity index is 418. The molecule has 1 aliphatic rings. The van der Waals surface area contributed by atoms with E-state index in [0.717, 1.165) is 24.8 Å². The lowest BCUT2D eigenvalue weighted by Crippen LogP contribution is -2.22. The molecule has 24 heavy (non-hydrogen) atoms. The molecule has 1 rings (SSSR count). The molecule has 2 heteroatoms. The van der Waals surface area contributed by atoms with Gasteiger partial charge in [0.15, 0.2) is 0 Å². The van der Waals surface area contributed by atoms with Crippen LogP contribution in [0.5, 0.6) is 0 Å². The Labute approximate surface area is 149 Å². The summed E-state index contributed by atoms with van der Waals surface area (Å²) in [6.07, 6.45) is 20.8. The van der Waals surface area contributed by atoms with Gasteiger partial charge in [-0.15, -0.1) is 0 Å². The molecule has 0 aromatic rings. The van der Waals surface area contributed by atoms with Gasteiger partial charge in [-0.2, -0.15) is 0 Å². The molecule has 1 aliphatic carbocycles. The highest BCUT2D eigenvalue weighted by Gasteiger charge is 2.27. The average Bonchev–Trinajstić information content (AvgIpc) is 2.51. The molecule has 2 nitrogen and oxygen atoms in total. The minimum absolute atomic E-state index is 0.0928. The van der Waals surface area contributed by atoms with Gasteiger partial charge in [-0.1, -0.05) is 109 Å². The molecule has 138 valence electrons. The zero-order chi connectivity index (χ0) is 17.8. The first-order valence-corrected chi connectivity index (χ1v) is 10.1. The van der Waals surface area contributed by atoms with E-state index < -0.39 is 5.97 Å². The number of rotatable bonds is 13. The fraction of sp³-hybridized carbons (Fsp3) is 0.773. The zero-order valence-corrected chi connectivity index (χ0v) is 16.2. The Hall–Kier alpha value is -1.05. The zero-order valence-electron chi connectivity index (χ0n) is 16.2. The van der Waals surface area contributed by atoms with E-state index in [-0.39, 0.29) is 11.3 Å². The van der Waals surface area contributed by atoms with E-state index in [1.54, 1.807) is 0 Å². The molecule has 0 saturated carbocycles. The highest BCUT2D eigenvalue weighted by molar-refractivity contribution is 5.73. The first-order chi connectivity index (χ1) is 11.5. The van der Waals surface area contributed by atoms with E-state index in [1.165, 1.54) is 57.8 Å². The highest BCUT2D eigenvalue weighted by atomic mass is 16.4. The summed E-state index contributed by atoms with van der Waals surface area (Å²) in [5.41, 5.74) is 1.20. The second kappa shape index (κ2) is 11.5. The summed E-state index contributed by atoms with van der Waals surface area (Å²) in [6.45, 7) is 6.61. The van der Waals surface area contributed by atoms with Gasteiger partial charge >= 0.3 is 5.97 Å². The van der Waals surface area contributed by atoms with Gasteiger partial charge in [0.25, 0.3) is 0 Å². The maximum absolute atomic E-state index is 11.6. The number of carboxylic acid groups (broad SMARTS) is 1. The van der Waals surface area contributed by atoms with Crippen LogP contribution in [0.15, 0.2) is 23.8 Å². The quantitative estimate of drug-likeness (QED) is 0.371. The van der Waals surface area contributed by atoms with Gasteiger partial charge in [0.1, 0.15) is 0 Å². The normalized spacial score (nSPS) is 17.5. The molecule has 1 unspecified atom stereocenters. The lowest BCUT2D eigenvalue weighted by atomic mass is 9.77. The van der Waals surface area contributed by atoms with Crippen LogP contribution in [-0.2, 0) is 4.79 Å². The lowest BCUT2D eigenvalue weighted by Gasteiger charge is -2.28. The average molecular weight is 335 g/mol. The van der Waals surface area contributed by atoms with Crippen molar-refractivity contribution in [3.8, 4) is 0 Å². The maximum Gasteiger partial charge on any atom is 0.310 e. The smallest absolute Gasteiger partial charge is 0.310 e. The molecule has 0 fully saturated rings. The SMILES string of the molecule is CCCCCCCCCCCCC(C(=O)O)C1=CC=CC(C)(C)C1. The van der Waals surface area contributed by atoms with Crippen LogP contribution in [0, 0.1) is 11.3 Å².